The maximum Gasteiger partial charge on any atom is 0.511 e. The molecule has 1 fully saturated rings. The number of aromatic nitrogens is 2. The monoisotopic (exact) mass is 390 g/mol. The lowest BCUT2D eigenvalue weighted by molar-refractivity contribution is -0.0488. The maximum atomic E-state index is 12.7. The van der Waals surface area contributed by atoms with Gasteiger partial charge in [-0.3, -0.25) is 4.90 Å². The zero-order valence-corrected chi connectivity index (χ0v) is 14.5. The van der Waals surface area contributed by atoms with Gasteiger partial charge in [0.25, 0.3) is 5.89 Å². The molecule has 11 heteroatoms. The highest BCUT2D eigenvalue weighted by atomic mass is 32.2. The first kappa shape index (κ1) is 18.8. The van der Waals surface area contributed by atoms with Crippen LogP contribution in [0.5, 0.6) is 0 Å². The molecule has 1 aromatic heterocycles. The highest BCUT2D eigenvalue weighted by molar-refractivity contribution is 7.90. The van der Waals surface area contributed by atoms with Crippen LogP contribution in [0.2, 0.25) is 0 Å². The predicted molar refractivity (Wildman–Crippen MR) is 86.2 cm³/mol. The summed E-state index contributed by atoms with van der Waals surface area (Å²) in [5.74, 6) is 0.757. The summed E-state index contributed by atoms with van der Waals surface area (Å²) in [6, 6.07) is 9.18. The molecule has 1 saturated heterocycles. The van der Waals surface area contributed by atoms with Crippen LogP contribution in [0.4, 0.5) is 13.2 Å². The van der Waals surface area contributed by atoms with Gasteiger partial charge in [0.05, 0.1) is 6.54 Å². The normalized spacial score (nSPS) is 18.0. The Hall–Kier alpha value is -1.98. The summed E-state index contributed by atoms with van der Waals surface area (Å²) < 4.78 is 66.8. The van der Waals surface area contributed by atoms with Crippen LogP contribution in [-0.2, 0) is 16.6 Å². The summed E-state index contributed by atoms with van der Waals surface area (Å²) in [6.45, 7) is 0.477. The molecule has 26 heavy (non-hydrogen) atoms. The maximum absolute atomic E-state index is 12.7. The second kappa shape index (κ2) is 7.33. The van der Waals surface area contributed by atoms with Crippen molar-refractivity contribution in [2.24, 2.45) is 0 Å². The zero-order valence-electron chi connectivity index (χ0n) is 13.7. The highest BCUT2D eigenvalue weighted by Crippen LogP contribution is 2.27. The lowest BCUT2D eigenvalue weighted by atomic mass is 10.2. The summed E-state index contributed by atoms with van der Waals surface area (Å²) in [5.41, 5.74) is -4.51. The van der Waals surface area contributed by atoms with Crippen LogP contribution in [0.15, 0.2) is 34.9 Å². The number of rotatable bonds is 4. The summed E-state index contributed by atoms with van der Waals surface area (Å²) in [7, 11) is -5.29. The van der Waals surface area contributed by atoms with E-state index in [9.17, 15) is 21.6 Å². The molecule has 0 atom stereocenters. The van der Waals surface area contributed by atoms with E-state index in [1.54, 1.807) is 0 Å². The Labute approximate surface area is 148 Å². The van der Waals surface area contributed by atoms with Gasteiger partial charge < -0.3 is 4.52 Å². The Morgan fingerprint density at radius 3 is 2.50 bits per heavy atom. The van der Waals surface area contributed by atoms with Crippen molar-refractivity contribution in [3.05, 3.63) is 36.2 Å². The molecule has 0 spiro atoms. The van der Waals surface area contributed by atoms with Gasteiger partial charge in [-0.15, -0.1) is 0 Å². The first-order valence-corrected chi connectivity index (χ1v) is 9.38. The van der Waals surface area contributed by atoms with Gasteiger partial charge in [0.1, 0.15) is 0 Å². The number of benzene rings is 1. The molecule has 0 bridgehead atoms. The van der Waals surface area contributed by atoms with Gasteiger partial charge in [0.15, 0.2) is 5.82 Å². The second-order valence-corrected chi connectivity index (χ2v) is 7.79. The van der Waals surface area contributed by atoms with Gasteiger partial charge in [-0.05, 0) is 25.1 Å². The van der Waals surface area contributed by atoms with Crippen molar-refractivity contribution in [2.75, 3.05) is 26.2 Å². The van der Waals surface area contributed by atoms with E-state index in [0.29, 0.717) is 29.0 Å². The van der Waals surface area contributed by atoms with Gasteiger partial charge in [0, 0.05) is 25.2 Å². The van der Waals surface area contributed by atoms with Crippen molar-refractivity contribution in [1.29, 1.82) is 0 Å². The Morgan fingerprint density at radius 2 is 1.81 bits per heavy atom. The smallest absolute Gasteiger partial charge is 0.334 e. The van der Waals surface area contributed by atoms with E-state index in [2.05, 4.69) is 10.1 Å². The topological polar surface area (TPSA) is 79.5 Å². The third-order valence-electron chi connectivity index (χ3n) is 4.03. The van der Waals surface area contributed by atoms with Crippen LogP contribution in [0, 0.1) is 0 Å². The molecule has 0 amide bonds. The molecule has 7 nitrogen and oxygen atoms in total. The summed E-state index contributed by atoms with van der Waals surface area (Å²) in [4.78, 5) is 6.09. The molecule has 1 aromatic carbocycles. The second-order valence-electron chi connectivity index (χ2n) is 5.86. The van der Waals surface area contributed by atoms with Gasteiger partial charge in [-0.25, -0.2) is 8.42 Å². The van der Waals surface area contributed by atoms with Crippen molar-refractivity contribution >= 4 is 10.0 Å². The Kier molecular flexibility index (Phi) is 5.30. The van der Waals surface area contributed by atoms with Crippen molar-refractivity contribution in [2.45, 2.75) is 18.5 Å². The average molecular weight is 390 g/mol. The molecule has 0 saturated carbocycles. The molecule has 2 aromatic rings. The standard InChI is InChI=1S/C15H17F3N4O3S/c16-15(17,18)26(23,24)22-8-4-7-21(9-10-22)11-13-19-14(25-20-13)12-5-2-1-3-6-12/h1-3,5-6H,4,7-11H2. The largest absolute Gasteiger partial charge is 0.511 e. The number of hydrogen-bond donors (Lipinski definition) is 0. The minimum Gasteiger partial charge on any atom is -0.334 e. The molecular weight excluding hydrogens is 373 g/mol. The van der Waals surface area contributed by atoms with E-state index >= 15 is 0 Å². The Bertz CT molecular complexity index is 839. The Balaban J connectivity index is 1.63. The van der Waals surface area contributed by atoms with E-state index in [1.807, 2.05) is 35.2 Å². The average Bonchev–Trinajstić information content (AvgIpc) is 2.92. The fourth-order valence-corrected chi connectivity index (χ4v) is 3.69. The summed E-state index contributed by atoms with van der Waals surface area (Å²) in [6.07, 6.45) is 0.290. The third kappa shape index (κ3) is 4.05. The molecule has 142 valence electrons. The molecule has 1 aliphatic heterocycles. The van der Waals surface area contributed by atoms with Crippen LogP contribution < -0.4 is 0 Å². The Morgan fingerprint density at radius 1 is 1.08 bits per heavy atom. The molecule has 1 aliphatic rings. The highest BCUT2D eigenvalue weighted by Gasteiger charge is 2.49. The number of alkyl halides is 3. The number of sulfonamides is 1. The first-order valence-electron chi connectivity index (χ1n) is 7.94. The number of nitrogens with zero attached hydrogens (tertiary/aromatic N) is 4. The van der Waals surface area contributed by atoms with Crippen molar-refractivity contribution < 1.29 is 26.1 Å². The summed E-state index contributed by atoms with van der Waals surface area (Å²) in [5, 5.41) is 3.88. The predicted octanol–water partition coefficient (Wildman–Crippen LogP) is 2.09. The van der Waals surface area contributed by atoms with Gasteiger partial charge in [-0.2, -0.15) is 22.5 Å². The first-order chi connectivity index (χ1) is 12.3. The number of hydrogen-bond acceptors (Lipinski definition) is 6. The van der Waals surface area contributed by atoms with Crippen LogP contribution >= 0.6 is 0 Å². The van der Waals surface area contributed by atoms with E-state index < -0.39 is 15.5 Å². The van der Waals surface area contributed by atoms with Crippen LogP contribution in [0.1, 0.15) is 12.2 Å². The SMILES string of the molecule is O=S(=O)(N1CCCN(Cc2noc(-c3ccccc3)n2)CC1)C(F)(F)F. The molecule has 0 aliphatic carbocycles. The van der Waals surface area contributed by atoms with Gasteiger partial charge >= 0.3 is 15.5 Å². The van der Waals surface area contributed by atoms with E-state index in [-0.39, 0.29) is 26.2 Å². The number of halogens is 3. The van der Waals surface area contributed by atoms with E-state index in [0.717, 1.165) is 5.56 Å². The van der Waals surface area contributed by atoms with Gasteiger partial charge in [0.2, 0.25) is 0 Å². The third-order valence-corrected chi connectivity index (χ3v) is 5.66. The van der Waals surface area contributed by atoms with Crippen molar-refractivity contribution in [1.82, 2.24) is 19.3 Å². The molecule has 0 N–H and O–H groups in total. The zero-order chi connectivity index (χ0) is 18.8. The van der Waals surface area contributed by atoms with Crippen molar-refractivity contribution in [3.8, 4) is 11.5 Å². The molecule has 0 unspecified atom stereocenters. The van der Waals surface area contributed by atoms with E-state index in [4.69, 9.17) is 4.52 Å². The van der Waals surface area contributed by atoms with Crippen LogP contribution in [-0.4, -0.2) is 59.5 Å². The fraction of sp³-hybridized carbons (Fsp3) is 0.467. The molecule has 2 heterocycles. The minimum atomic E-state index is -5.29. The molecule has 0 radical (unpaired) electrons. The minimum absolute atomic E-state index is 0.157. The van der Waals surface area contributed by atoms with Crippen LogP contribution in [0.3, 0.4) is 0 Å². The molecular formula is C15H17F3N4O3S. The van der Waals surface area contributed by atoms with Crippen molar-refractivity contribution in [3.63, 3.8) is 0 Å². The lowest BCUT2D eigenvalue weighted by Crippen LogP contribution is -2.42. The van der Waals surface area contributed by atoms with E-state index in [1.165, 1.54) is 0 Å². The van der Waals surface area contributed by atoms with Crippen LogP contribution in [0.25, 0.3) is 11.5 Å². The van der Waals surface area contributed by atoms with Gasteiger partial charge in [-0.1, -0.05) is 23.4 Å². The molecule has 3 rings (SSSR count). The quantitative estimate of drug-likeness (QED) is 0.796. The fourth-order valence-electron chi connectivity index (χ4n) is 2.71. The summed E-state index contributed by atoms with van der Waals surface area (Å²) >= 11 is 0. The lowest BCUT2D eigenvalue weighted by Gasteiger charge is -2.21.